The van der Waals surface area contributed by atoms with Crippen LogP contribution >= 0.6 is 22.9 Å². The summed E-state index contributed by atoms with van der Waals surface area (Å²) < 4.78 is 0.877. The van der Waals surface area contributed by atoms with E-state index < -0.39 is 0 Å². The first-order valence-electron chi connectivity index (χ1n) is 5.65. The first kappa shape index (κ1) is 13.0. The van der Waals surface area contributed by atoms with E-state index in [2.05, 4.69) is 32.2 Å². The van der Waals surface area contributed by atoms with Gasteiger partial charge in [-0.25, -0.2) is 0 Å². The van der Waals surface area contributed by atoms with Gasteiger partial charge in [-0.15, -0.1) is 11.3 Å². The lowest BCUT2D eigenvalue weighted by Gasteiger charge is -2.22. The van der Waals surface area contributed by atoms with Crippen molar-refractivity contribution in [2.24, 2.45) is 5.92 Å². The highest BCUT2D eigenvalue weighted by molar-refractivity contribution is 7.16. The highest BCUT2D eigenvalue weighted by atomic mass is 35.5. The molecule has 0 fully saturated rings. The molecule has 1 aromatic rings. The van der Waals surface area contributed by atoms with E-state index in [4.69, 9.17) is 11.6 Å². The summed E-state index contributed by atoms with van der Waals surface area (Å²) in [5.74, 6) is 0.778. The number of hydrogen-bond acceptors (Lipinski definition) is 2. The molecule has 1 heterocycles. The SMILES string of the molecule is CCC(CC)C(C)NCc1ccc(Cl)s1. The Hall–Kier alpha value is -0.0500. The molecule has 0 saturated heterocycles. The normalized spacial score (nSPS) is 13.4. The predicted octanol–water partition coefficient (Wildman–Crippen LogP) is 4.32. The first-order chi connectivity index (χ1) is 7.17. The molecule has 1 unspecified atom stereocenters. The van der Waals surface area contributed by atoms with Crippen LogP contribution in [0.3, 0.4) is 0 Å². The summed E-state index contributed by atoms with van der Waals surface area (Å²) in [7, 11) is 0. The second-order valence-electron chi connectivity index (χ2n) is 3.95. The summed E-state index contributed by atoms with van der Waals surface area (Å²) in [5.41, 5.74) is 0. The van der Waals surface area contributed by atoms with Crippen molar-refractivity contribution >= 4 is 22.9 Å². The third-order valence-corrected chi connectivity index (χ3v) is 4.21. The van der Waals surface area contributed by atoms with Crippen molar-refractivity contribution in [2.45, 2.75) is 46.2 Å². The molecule has 0 saturated carbocycles. The maximum absolute atomic E-state index is 5.88. The Morgan fingerprint density at radius 2 is 2.00 bits per heavy atom. The molecule has 3 heteroatoms. The Kier molecular flexibility index (Phi) is 5.65. The molecule has 1 N–H and O–H groups in total. The van der Waals surface area contributed by atoms with E-state index in [1.54, 1.807) is 11.3 Å². The average molecular weight is 246 g/mol. The first-order valence-corrected chi connectivity index (χ1v) is 6.84. The van der Waals surface area contributed by atoms with E-state index in [0.29, 0.717) is 6.04 Å². The molecule has 86 valence electrons. The van der Waals surface area contributed by atoms with Crippen molar-refractivity contribution in [3.05, 3.63) is 21.3 Å². The second-order valence-corrected chi connectivity index (χ2v) is 5.75. The number of nitrogens with one attached hydrogen (secondary N) is 1. The third kappa shape index (κ3) is 4.13. The van der Waals surface area contributed by atoms with E-state index in [1.165, 1.54) is 17.7 Å². The van der Waals surface area contributed by atoms with E-state index in [9.17, 15) is 0 Å². The minimum absolute atomic E-state index is 0.584. The highest BCUT2D eigenvalue weighted by Crippen LogP contribution is 2.21. The monoisotopic (exact) mass is 245 g/mol. The van der Waals surface area contributed by atoms with Crippen LogP contribution < -0.4 is 5.32 Å². The van der Waals surface area contributed by atoms with Crippen molar-refractivity contribution in [2.75, 3.05) is 0 Å². The molecule has 0 bridgehead atoms. The maximum Gasteiger partial charge on any atom is 0.0931 e. The van der Waals surface area contributed by atoms with Crippen LogP contribution in [0.1, 0.15) is 38.5 Å². The van der Waals surface area contributed by atoms with Gasteiger partial charge in [0.05, 0.1) is 4.34 Å². The van der Waals surface area contributed by atoms with E-state index in [1.807, 2.05) is 6.07 Å². The van der Waals surface area contributed by atoms with Gasteiger partial charge in [0.2, 0.25) is 0 Å². The lowest BCUT2D eigenvalue weighted by Crippen LogP contribution is -2.32. The maximum atomic E-state index is 5.88. The predicted molar refractivity (Wildman–Crippen MR) is 69.7 cm³/mol. The number of rotatable bonds is 6. The fourth-order valence-electron chi connectivity index (χ4n) is 1.87. The molecule has 1 nitrogen and oxygen atoms in total. The highest BCUT2D eigenvalue weighted by Gasteiger charge is 2.12. The Labute approximate surface area is 102 Å². The van der Waals surface area contributed by atoms with Crippen molar-refractivity contribution in [1.29, 1.82) is 0 Å². The third-order valence-electron chi connectivity index (χ3n) is 2.98. The fourth-order valence-corrected chi connectivity index (χ4v) is 2.91. The summed E-state index contributed by atoms with van der Waals surface area (Å²) >= 11 is 7.54. The van der Waals surface area contributed by atoms with E-state index in [-0.39, 0.29) is 0 Å². The van der Waals surface area contributed by atoms with Crippen LogP contribution in [0.25, 0.3) is 0 Å². The number of thiophene rings is 1. The number of halogens is 1. The van der Waals surface area contributed by atoms with Gasteiger partial charge in [-0.3, -0.25) is 0 Å². The van der Waals surface area contributed by atoms with Gasteiger partial charge in [-0.1, -0.05) is 38.3 Å². The Bertz CT molecular complexity index is 281. The molecule has 1 atom stereocenters. The van der Waals surface area contributed by atoms with Gasteiger partial charge in [0.25, 0.3) is 0 Å². The second kappa shape index (κ2) is 6.51. The van der Waals surface area contributed by atoms with Gasteiger partial charge in [-0.05, 0) is 25.0 Å². The molecule has 0 aliphatic heterocycles. The molecule has 0 aliphatic rings. The summed E-state index contributed by atoms with van der Waals surface area (Å²) in [6.07, 6.45) is 2.49. The molecule has 0 aromatic carbocycles. The molecule has 1 aromatic heterocycles. The summed E-state index contributed by atoms with van der Waals surface area (Å²) in [6, 6.07) is 4.64. The van der Waals surface area contributed by atoms with Crippen molar-refractivity contribution in [3.63, 3.8) is 0 Å². The smallest absolute Gasteiger partial charge is 0.0931 e. The van der Waals surface area contributed by atoms with Crippen LogP contribution in [0.4, 0.5) is 0 Å². The average Bonchev–Trinajstić information content (AvgIpc) is 2.63. The van der Waals surface area contributed by atoms with Crippen LogP contribution in [-0.2, 0) is 6.54 Å². The zero-order valence-electron chi connectivity index (χ0n) is 9.72. The molecule has 0 amide bonds. The summed E-state index contributed by atoms with van der Waals surface area (Å²) in [6.45, 7) is 7.73. The Morgan fingerprint density at radius 3 is 2.47 bits per heavy atom. The van der Waals surface area contributed by atoms with Gasteiger partial charge >= 0.3 is 0 Å². The van der Waals surface area contributed by atoms with E-state index in [0.717, 1.165) is 16.8 Å². The standard InChI is InChI=1S/C12H20ClNS/c1-4-10(5-2)9(3)14-8-11-6-7-12(13)15-11/h6-7,9-10,14H,4-5,8H2,1-3H3. The quantitative estimate of drug-likeness (QED) is 0.787. The number of hydrogen-bond donors (Lipinski definition) is 1. The molecule has 15 heavy (non-hydrogen) atoms. The molecule has 0 radical (unpaired) electrons. The summed E-state index contributed by atoms with van der Waals surface area (Å²) in [5, 5.41) is 3.57. The minimum Gasteiger partial charge on any atom is -0.309 e. The molecular weight excluding hydrogens is 226 g/mol. The van der Waals surface area contributed by atoms with Crippen LogP contribution in [0.15, 0.2) is 12.1 Å². The van der Waals surface area contributed by atoms with Crippen molar-refractivity contribution in [3.8, 4) is 0 Å². The van der Waals surface area contributed by atoms with Crippen LogP contribution in [0.5, 0.6) is 0 Å². The molecule has 0 spiro atoms. The van der Waals surface area contributed by atoms with Gasteiger partial charge in [0.15, 0.2) is 0 Å². The van der Waals surface area contributed by atoms with Crippen LogP contribution in [-0.4, -0.2) is 6.04 Å². The molecule has 1 rings (SSSR count). The van der Waals surface area contributed by atoms with Crippen LogP contribution in [0, 0.1) is 5.92 Å². The van der Waals surface area contributed by atoms with E-state index >= 15 is 0 Å². The Balaban J connectivity index is 2.36. The van der Waals surface area contributed by atoms with Gasteiger partial charge in [0.1, 0.15) is 0 Å². The fraction of sp³-hybridized carbons (Fsp3) is 0.667. The molecule has 0 aliphatic carbocycles. The largest absolute Gasteiger partial charge is 0.309 e. The van der Waals surface area contributed by atoms with Crippen LogP contribution in [0.2, 0.25) is 4.34 Å². The molecular formula is C12H20ClNS. The minimum atomic E-state index is 0.584. The summed E-state index contributed by atoms with van der Waals surface area (Å²) in [4.78, 5) is 1.32. The lowest BCUT2D eigenvalue weighted by atomic mass is 9.95. The van der Waals surface area contributed by atoms with Gasteiger partial charge in [-0.2, -0.15) is 0 Å². The van der Waals surface area contributed by atoms with Crippen molar-refractivity contribution in [1.82, 2.24) is 5.32 Å². The zero-order valence-corrected chi connectivity index (χ0v) is 11.3. The van der Waals surface area contributed by atoms with Crippen molar-refractivity contribution < 1.29 is 0 Å². The zero-order chi connectivity index (χ0) is 11.3. The topological polar surface area (TPSA) is 12.0 Å². The lowest BCUT2D eigenvalue weighted by molar-refractivity contribution is 0.354. The van der Waals surface area contributed by atoms with Gasteiger partial charge in [0, 0.05) is 17.5 Å². The van der Waals surface area contributed by atoms with Gasteiger partial charge < -0.3 is 5.32 Å². The Morgan fingerprint density at radius 1 is 1.33 bits per heavy atom.